The number of imidazole rings is 1. The van der Waals surface area contributed by atoms with Crippen LogP contribution in [-0.2, 0) is 59.5 Å². The number of sulfonamides is 1. The first kappa shape index (κ1) is 86.0. The molecule has 3 fully saturated rings. The van der Waals surface area contributed by atoms with Crippen LogP contribution in [0.15, 0.2) is 127 Å². The molecular formula is C80H104ClF2N10O10S2U-. The van der Waals surface area contributed by atoms with Crippen molar-refractivity contribution in [3.63, 3.8) is 0 Å². The van der Waals surface area contributed by atoms with Crippen molar-refractivity contribution in [2.45, 2.75) is 169 Å². The van der Waals surface area contributed by atoms with Gasteiger partial charge in [-0.25, -0.2) is 35.5 Å². The largest absolute Gasteiger partial charge is 0.421 e. The van der Waals surface area contributed by atoms with E-state index in [4.69, 9.17) is 38.1 Å². The van der Waals surface area contributed by atoms with Gasteiger partial charge in [-0.3, -0.25) is 34.1 Å². The van der Waals surface area contributed by atoms with Crippen molar-refractivity contribution in [1.82, 2.24) is 30.5 Å². The van der Waals surface area contributed by atoms with Gasteiger partial charge in [0.05, 0.1) is 51.6 Å². The number of aromatic amines is 2. The molecule has 8 aromatic rings. The number of rotatable bonds is 26. The van der Waals surface area contributed by atoms with Crippen LogP contribution in [0.3, 0.4) is 0 Å². The molecule has 0 saturated heterocycles. The van der Waals surface area contributed by atoms with Crippen LogP contribution in [0.2, 0.25) is 0 Å². The zero-order valence-corrected chi connectivity index (χ0v) is 67.6. The Morgan fingerprint density at radius 3 is 1.73 bits per heavy atom. The molecule has 0 spiro atoms. The van der Waals surface area contributed by atoms with E-state index in [1.807, 2.05) is 37.3 Å². The van der Waals surface area contributed by atoms with Gasteiger partial charge in [0, 0.05) is 96.5 Å². The van der Waals surface area contributed by atoms with Crippen molar-refractivity contribution in [3.05, 3.63) is 190 Å². The van der Waals surface area contributed by atoms with E-state index in [9.17, 15) is 44.8 Å². The van der Waals surface area contributed by atoms with Crippen molar-refractivity contribution >= 4 is 92.4 Å². The van der Waals surface area contributed by atoms with Crippen LogP contribution >= 0.6 is 10.7 Å². The molecule has 4 amide bonds. The molecule has 0 radical (unpaired) electrons. The van der Waals surface area contributed by atoms with Crippen LogP contribution in [0.5, 0.6) is 0 Å². The molecule has 3 aliphatic carbocycles. The second-order valence-corrected chi connectivity index (χ2v) is 33.2. The van der Waals surface area contributed by atoms with Gasteiger partial charge < -0.3 is 37.8 Å². The summed E-state index contributed by atoms with van der Waals surface area (Å²) in [6.07, 6.45) is 19.3. The number of nitrogen functional groups attached to an aromatic ring is 2. The molecule has 20 nitrogen and oxygen atoms in total. The quantitative estimate of drug-likeness (QED) is 0.00463. The minimum atomic E-state index is -3.46. The molecule has 12 N–H and O–H groups in total. The number of aromatic nitrogens is 3. The molecule has 2 aromatic heterocycles. The van der Waals surface area contributed by atoms with E-state index >= 15 is 0 Å². The van der Waals surface area contributed by atoms with Crippen LogP contribution in [0.25, 0.3) is 21.9 Å². The summed E-state index contributed by atoms with van der Waals surface area (Å²) in [4.78, 5) is 65.9. The number of fused-ring (bicyclic) bond motifs is 3. The molecule has 106 heavy (non-hydrogen) atoms. The van der Waals surface area contributed by atoms with Crippen molar-refractivity contribution in [2.75, 3.05) is 47.4 Å². The number of halogens is 3. The Balaban J connectivity index is 0.000000200. The third-order valence-corrected chi connectivity index (χ3v) is 22.7. The molecule has 572 valence electrons. The summed E-state index contributed by atoms with van der Waals surface area (Å²) in [5.41, 5.74) is 26.5. The average Bonchev–Trinajstić information content (AvgIpc) is 1.64. The van der Waals surface area contributed by atoms with Crippen molar-refractivity contribution in [1.29, 1.82) is 0 Å². The molecule has 12 rings (SSSR count). The molecule has 26 heteroatoms. The number of amides is 4. The Kier molecular flexibility index (Phi) is 35.0. The maximum absolute atomic E-state index is 13.8. The number of imide groups is 1. The molecule has 6 aromatic carbocycles. The minimum absolute atomic E-state index is 0. The van der Waals surface area contributed by atoms with E-state index in [2.05, 4.69) is 68.3 Å². The summed E-state index contributed by atoms with van der Waals surface area (Å²) in [5, 5.41) is 14.9. The predicted molar refractivity (Wildman–Crippen MR) is 413 cm³/mol. The summed E-state index contributed by atoms with van der Waals surface area (Å²) in [7, 11) is -1.76. The number of H-pyrrole nitrogens is 2. The van der Waals surface area contributed by atoms with Gasteiger partial charge in [-0.1, -0.05) is 129 Å². The van der Waals surface area contributed by atoms with Crippen LogP contribution < -0.4 is 32.6 Å². The number of unbranched alkanes of at least 4 members (excludes halogenated alkanes) is 4. The van der Waals surface area contributed by atoms with Gasteiger partial charge in [0.15, 0.2) is 0 Å². The normalized spacial score (nSPS) is 18.4. The van der Waals surface area contributed by atoms with E-state index < -0.39 is 19.1 Å². The number of nitrogens with two attached hydrogens (primary N) is 3. The van der Waals surface area contributed by atoms with Crippen LogP contribution in [0.1, 0.15) is 183 Å². The molecule has 3 saturated carbocycles. The van der Waals surface area contributed by atoms with Gasteiger partial charge >= 0.3 is 0 Å². The van der Waals surface area contributed by atoms with Gasteiger partial charge in [0.2, 0.25) is 30.9 Å². The summed E-state index contributed by atoms with van der Waals surface area (Å²) < 4.78 is 76.4. The first-order chi connectivity index (χ1) is 50.3. The van der Waals surface area contributed by atoms with Crippen LogP contribution in [0.4, 0.5) is 25.8 Å². The van der Waals surface area contributed by atoms with E-state index in [0.29, 0.717) is 96.5 Å². The summed E-state index contributed by atoms with van der Waals surface area (Å²) in [5.74, 6) is 2.64. The van der Waals surface area contributed by atoms with Crippen LogP contribution in [0, 0.1) is 98.2 Å². The van der Waals surface area contributed by atoms with Gasteiger partial charge in [-0.15, -0.1) is 0 Å². The molecular weight excluding hydrogens is 1640 g/mol. The first-order valence-electron chi connectivity index (χ1n) is 36.8. The minimum Gasteiger partial charge on any atom is -0.421 e. The topological polar surface area (TPSA) is 328 Å². The SMILES string of the molecule is CC1CCC(CCOO)CC1.Cc1ccc(N)c(N)c1.Cc1ccc2nc(CC3CCC(C(=O)NCc4ccccc4F)CC3)[nH]c2c1.NCCCCCS(=O)(=O)Nc1ccc2[c-]c(CC3CCC(C(=O)NCc4ccccc4F)CC3)[nH]c2c1.O=C1c2ccccc2C(=O)N1CCCCCS(=O)(=O)Cl.[U]. The number of nitrogens with zero attached hydrogens (tertiary/aromatic N) is 2. The standard InChI is InChI=1S/C28H36FN4O3S.C23H26FN3O.C13H14ClNO4S.C9H18O2.C7H10N2.U/c29-26-7-3-2-6-23(26)19-31-28(34)21-10-8-20(9-11-21)16-25-17-22-12-13-24(18-27(22)32-25)33-37(35,36)15-5-1-4-14-30;1-15-6-11-20-21(12-15)27-22(26-20)13-16-7-9-17(10-8-16)23(28)25-14-18-4-2-3-5-19(18)24;14-20(18,19)9-5-1-4-8-15-12(16)10-6-2-3-7-11(10)13(15)17;1-8-2-4-9(5-3-8)6-7-11-10;1-5-2-3-6(8)7(9)4-5;/h2-3,6-7,12-13,18,20-21,32-33H,1,4-5,8-11,14-16,19,30H2,(H,31,34);2-6,11-12,16-17H,7-10,13-14H2,1H3,(H,25,28)(H,26,27);2-3,6-7H,1,4-5,8-9H2;8-10H,2-7H2,1H3;2-4H,8-9H2,1H3;/q-1;;;;;. The molecule has 1 aliphatic heterocycles. The number of hydrogen-bond donors (Lipinski definition) is 9. The summed E-state index contributed by atoms with van der Waals surface area (Å²) in [6.45, 7) is 8.23. The molecule has 0 atom stereocenters. The third-order valence-electron chi connectivity index (χ3n) is 20.0. The summed E-state index contributed by atoms with van der Waals surface area (Å²) in [6, 6.07) is 40.5. The monoisotopic (exact) mass is 1740 g/mol. The number of carbonyl (C=O) groups excluding carboxylic acids is 4. The molecule has 3 heterocycles. The molecule has 0 unspecified atom stereocenters. The van der Waals surface area contributed by atoms with E-state index in [0.717, 1.165) is 134 Å². The number of anilines is 3. The Hall–Kier alpha value is -7.21. The third kappa shape index (κ3) is 28.1. The first-order valence-corrected chi connectivity index (χ1v) is 40.9. The number of aryl methyl sites for hydroxylation is 2. The Bertz CT molecular complexity index is 4330. The maximum atomic E-state index is 13.8. The molecule has 0 bridgehead atoms. The zero-order valence-electron chi connectivity index (χ0n) is 61.1. The van der Waals surface area contributed by atoms with Gasteiger partial charge in [-0.05, 0) is 194 Å². The fourth-order valence-electron chi connectivity index (χ4n) is 13.8. The fraction of sp³-hybridized carbons (Fsp3) is 0.463. The van der Waals surface area contributed by atoms with Gasteiger partial charge in [0.25, 0.3) is 11.8 Å². The number of nitrogens with one attached hydrogen (secondary N) is 5. The predicted octanol–water partition coefficient (Wildman–Crippen LogP) is 15.2. The smallest absolute Gasteiger partial charge is 0.261 e. The average molecular weight is 1740 g/mol. The Labute approximate surface area is 651 Å². The number of carbonyl (C=O) groups is 4. The van der Waals surface area contributed by atoms with Crippen molar-refractivity contribution in [2.24, 2.45) is 41.2 Å². The number of hydrogen-bond acceptors (Lipinski definition) is 14. The fourth-order valence-corrected chi connectivity index (χ4v) is 15.9. The maximum Gasteiger partial charge on any atom is 0.261 e. The van der Waals surface area contributed by atoms with Crippen molar-refractivity contribution in [3.8, 4) is 0 Å². The van der Waals surface area contributed by atoms with Gasteiger partial charge in [0.1, 0.15) is 17.5 Å². The van der Waals surface area contributed by atoms with Gasteiger partial charge in [-0.2, -0.15) is 17.5 Å². The Morgan fingerprint density at radius 2 is 1.17 bits per heavy atom. The zero-order chi connectivity index (χ0) is 75.5. The van der Waals surface area contributed by atoms with E-state index in [-0.39, 0.29) is 103 Å². The van der Waals surface area contributed by atoms with E-state index in [1.165, 1.54) is 48.3 Å². The van der Waals surface area contributed by atoms with Crippen LogP contribution in [-0.4, -0.2) is 96.8 Å². The second kappa shape index (κ2) is 43.1. The Morgan fingerprint density at radius 1 is 0.632 bits per heavy atom. The second-order valence-electron chi connectivity index (χ2n) is 28.4. The number of benzene rings is 6. The summed E-state index contributed by atoms with van der Waals surface area (Å²) >= 11 is 0. The molecule has 4 aliphatic rings. The van der Waals surface area contributed by atoms with E-state index in [1.54, 1.807) is 66.7 Å². The van der Waals surface area contributed by atoms with Crippen molar-refractivity contribution < 1.29 is 86.1 Å².